The molecule has 0 saturated carbocycles. The molecule has 2 aromatic rings. The van der Waals surface area contributed by atoms with Gasteiger partial charge in [0.1, 0.15) is 0 Å². The molecule has 2 aromatic carbocycles. The van der Waals surface area contributed by atoms with Crippen LogP contribution in [0.3, 0.4) is 0 Å². The second-order valence-corrected chi connectivity index (χ2v) is 5.98. The molecule has 4 heteroatoms. The fourth-order valence-corrected chi connectivity index (χ4v) is 2.44. The van der Waals surface area contributed by atoms with E-state index in [0.717, 1.165) is 30.6 Å². The molecule has 0 spiro atoms. The summed E-state index contributed by atoms with van der Waals surface area (Å²) in [6.07, 6.45) is 2.01. The molecule has 1 N–H and O–H groups in total. The zero-order chi connectivity index (χ0) is 17.5. The maximum Gasteiger partial charge on any atom is 0.255 e. The van der Waals surface area contributed by atoms with Crippen molar-refractivity contribution >= 4 is 17.5 Å². The summed E-state index contributed by atoms with van der Waals surface area (Å²) in [6.45, 7) is 4.78. The lowest BCUT2D eigenvalue weighted by atomic mass is 10.1. The van der Waals surface area contributed by atoms with E-state index in [-0.39, 0.29) is 11.8 Å². The van der Waals surface area contributed by atoms with Crippen LogP contribution in [0.2, 0.25) is 0 Å². The van der Waals surface area contributed by atoms with Crippen LogP contribution in [0.15, 0.2) is 48.5 Å². The average Bonchev–Trinajstić information content (AvgIpc) is 2.59. The molecule has 0 aliphatic heterocycles. The van der Waals surface area contributed by atoms with Crippen molar-refractivity contribution in [2.45, 2.75) is 26.7 Å². The fraction of sp³-hybridized carbons (Fsp3) is 0.300. The Bertz CT molecular complexity index is 725. The van der Waals surface area contributed by atoms with Gasteiger partial charge in [-0.3, -0.25) is 9.59 Å². The highest BCUT2D eigenvalue weighted by molar-refractivity contribution is 6.06. The number of aryl methyl sites for hydroxylation is 1. The lowest BCUT2D eigenvalue weighted by Gasteiger charge is -2.17. The van der Waals surface area contributed by atoms with Crippen molar-refractivity contribution < 1.29 is 9.59 Å². The number of carbonyl (C=O) groups is 2. The molecule has 0 heterocycles. The second-order valence-electron chi connectivity index (χ2n) is 5.98. The van der Waals surface area contributed by atoms with Crippen LogP contribution in [0.4, 0.5) is 5.69 Å². The summed E-state index contributed by atoms with van der Waals surface area (Å²) in [4.78, 5) is 26.5. The maximum absolute atomic E-state index is 12.4. The van der Waals surface area contributed by atoms with Crippen molar-refractivity contribution in [1.29, 1.82) is 0 Å². The number of hydrogen-bond donors (Lipinski definition) is 1. The lowest BCUT2D eigenvalue weighted by molar-refractivity contribution is 0.0793. The van der Waals surface area contributed by atoms with Gasteiger partial charge in [-0.2, -0.15) is 0 Å². The van der Waals surface area contributed by atoms with Gasteiger partial charge < -0.3 is 10.2 Å². The predicted octanol–water partition coefficient (Wildman–Crippen LogP) is 4.12. The van der Waals surface area contributed by atoms with E-state index in [1.54, 1.807) is 36.2 Å². The van der Waals surface area contributed by atoms with E-state index >= 15 is 0 Å². The Morgan fingerprint density at radius 3 is 2.46 bits per heavy atom. The number of rotatable bonds is 6. The first kappa shape index (κ1) is 17.7. The third-order valence-electron chi connectivity index (χ3n) is 3.84. The number of hydrogen-bond acceptors (Lipinski definition) is 2. The van der Waals surface area contributed by atoms with Crippen molar-refractivity contribution in [2.75, 3.05) is 18.9 Å². The third-order valence-corrected chi connectivity index (χ3v) is 3.84. The molecule has 0 fully saturated rings. The van der Waals surface area contributed by atoms with Gasteiger partial charge in [0.15, 0.2) is 0 Å². The van der Waals surface area contributed by atoms with E-state index in [4.69, 9.17) is 0 Å². The molecule has 2 amide bonds. The number of benzene rings is 2. The summed E-state index contributed by atoms with van der Waals surface area (Å²) in [5.41, 5.74) is 2.84. The van der Waals surface area contributed by atoms with Gasteiger partial charge in [-0.25, -0.2) is 0 Å². The topological polar surface area (TPSA) is 49.4 Å². The Morgan fingerprint density at radius 2 is 1.75 bits per heavy atom. The van der Waals surface area contributed by atoms with Gasteiger partial charge in [0.2, 0.25) is 0 Å². The Kier molecular flexibility index (Phi) is 6.13. The highest BCUT2D eigenvalue weighted by Gasteiger charge is 2.14. The molecule has 24 heavy (non-hydrogen) atoms. The van der Waals surface area contributed by atoms with Crippen LogP contribution in [0.5, 0.6) is 0 Å². The Morgan fingerprint density at radius 1 is 1.04 bits per heavy atom. The van der Waals surface area contributed by atoms with E-state index in [1.165, 1.54) is 0 Å². The lowest BCUT2D eigenvalue weighted by Crippen LogP contribution is -2.28. The Hall–Kier alpha value is -2.62. The van der Waals surface area contributed by atoms with Crippen LogP contribution >= 0.6 is 0 Å². The molecule has 0 unspecified atom stereocenters. The van der Waals surface area contributed by atoms with Crippen molar-refractivity contribution in [3.63, 3.8) is 0 Å². The van der Waals surface area contributed by atoms with Crippen LogP contribution in [0.1, 0.15) is 46.0 Å². The number of anilines is 1. The molecular weight excluding hydrogens is 300 g/mol. The molecule has 0 aliphatic carbocycles. The van der Waals surface area contributed by atoms with Crippen LogP contribution in [0, 0.1) is 6.92 Å². The largest absolute Gasteiger partial charge is 0.342 e. The van der Waals surface area contributed by atoms with Gasteiger partial charge >= 0.3 is 0 Å². The summed E-state index contributed by atoms with van der Waals surface area (Å²) in [5.74, 6) is -0.278. The molecule has 0 atom stereocenters. The molecule has 2 rings (SSSR count). The number of nitrogens with one attached hydrogen (secondary N) is 1. The smallest absolute Gasteiger partial charge is 0.255 e. The Balaban J connectivity index is 2.11. The van der Waals surface area contributed by atoms with Crippen LogP contribution in [-0.4, -0.2) is 30.3 Å². The first-order valence-electron chi connectivity index (χ1n) is 8.25. The first-order valence-corrected chi connectivity index (χ1v) is 8.25. The first-order chi connectivity index (χ1) is 11.5. The summed E-state index contributed by atoms with van der Waals surface area (Å²) in [7, 11) is 1.79. The Labute approximate surface area is 143 Å². The minimum atomic E-state index is -0.216. The van der Waals surface area contributed by atoms with E-state index in [9.17, 15) is 9.59 Å². The van der Waals surface area contributed by atoms with Gasteiger partial charge in [0.25, 0.3) is 11.8 Å². The molecule has 0 aliphatic rings. The summed E-state index contributed by atoms with van der Waals surface area (Å²) < 4.78 is 0. The van der Waals surface area contributed by atoms with Gasteiger partial charge in [-0.15, -0.1) is 0 Å². The SMILES string of the molecule is CCCCN(C)C(=O)c1cccc(C(=O)Nc2cccc(C)c2)c1. The van der Waals surface area contributed by atoms with Crippen LogP contribution in [0.25, 0.3) is 0 Å². The maximum atomic E-state index is 12.4. The number of carbonyl (C=O) groups excluding carboxylic acids is 2. The predicted molar refractivity (Wildman–Crippen MR) is 97.4 cm³/mol. The van der Waals surface area contributed by atoms with Crippen molar-refractivity contribution in [3.05, 3.63) is 65.2 Å². The van der Waals surface area contributed by atoms with Crippen LogP contribution in [-0.2, 0) is 0 Å². The van der Waals surface area contributed by atoms with Crippen molar-refractivity contribution in [2.24, 2.45) is 0 Å². The highest BCUT2D eigenvalue weighted by atomic mass is 16.2. The molecule has 0 radical (unpaired) electrons. The summed E-state index contributed by atoms with van der Waals surface area (Å²) >= 11 is 0. The molecule has 0 bridgehead atoms. The molecule has 0 saturated heterocycles. The van der Waals surface area contributed by atoms with E-state index in [1.807, 2.05) is 31.2 Å². The average molecular weight is 324 g/mol. The van der Waals surface area contributed by atoms with Crippen molar-refractivity contribution in [3.8, 4) is 0 Å². The molecule has 126 valence electrons. The van der Waals surface area contributed by atoms with E-state index < -0.39 is 0 Å². The van der Waals surface area contributed by atoms with E-state index in [2.05, 4.69) is 12.2 Å². The zero-order valence-electron chi connectivity index (χ0n) is 14.5. The minimum Gasteiger partial charge on any atom is -0.342 e. The van der Waals surface area contributed by atoms with Gasteiger partial charge in [0, 0.05) is 30.4 Å². The zero-order valence-corrected chi connectivity index (χ0v) is 14.5. The quantitative estimate of drug-likeness (QED) is 0.869. The van der Waals surface area contributed by atoms with Crippen LogP contribution < -0.4 is 5.32 Å². The minimum absolute atomic E-state index is 0.0614. The molecular formula is C20H24N2O2. The number of nitrogens with zero attached hydrogens (tertiary/aromatic N) is 1. The molecule has 4 nitrogen and oxygen atoms in total. The number of amides is 2. The van der Waals surface area contributed by atoms with Crippen molar-refractivity contribution in [1.82, 2.24) is 4.90 Å². The normalized spacial score (nSPS) is 10.3. The standard InChI is InChI=1S/C20H24N2O2/c1-4-5-12-22(3)20(24)17-10-7-9-16(14-17)19(23)21-18-11-6-8-15(2)13-18/h6-11,13-14H,4-5,12H2,1-3H3,(H,21,23). The second kappa shape index (κ2) is 8.29. The fourth-order valence-electron chi connectivity index (χ4n) is 2.44. The highest BCUT2D eigenvalue weighted by Crippen LogP contribution is 2.13. The van der Waals surface area contributed by atoms with E-state index in [0.29, 0.717) is 11.1 Å². The van der Waals surface area contributed by atoms with Gasteiger partial charge in [-0.05, 0) is 49.2 Å². The van der Waals surface area contributed by atoms with Gasteiger partial charge in [-0.1, -0.05) is 31.5 Å². The van der Waals surface area contributed by atoms with Gasteiger partial charge in [0.05, 0.1) is 0 Å². The third kappa shape index (κ3) is 4.69. The summed E-state index contributed by atoms with van der Waals surface area (Å²) in [5, 5.41) is 2.86. The molecule has 0 aromatic heterocycles. The number of unbranched alkanes of at least 4 members (excludes halogenated alkanes) is 1. The monoisotopic (exact) mass is 324 g/mol. The summed E-state index contributed by atoms with van der Waals surface area (Å²) in [6, 6.07) is 14.5.